The second-order valence-electron chi connectivity index (χ2n) is 6.18. The molecule has 1 atom stereocenters. The van der Waals surface area contributed by atoms with Gasteiger partial charge in [-0.15, -0.1) is 0 Å². The highest BCUT2D eigenvalue weighted by Gasteiger charge is 2.25. The zero-order valence-electron chi connectivity index (χ0n) is 13.1. The van der Waals surface area contributed by atoms with Gasteiger partial charge in [0.15, 0.2) is 0 Å². The van der Waals surface area contributed by atoms with E-state index in [1.165, 1.54) is 7.11 Å². The van der Waals surface area contributed by atoms with Crippen molar-refractivity contribution in [3.63, 3.8) is 0 Å². The van der Waals surface area contributed by atoms with Gasteiger partial charge in [0.25, 0.3) is 0 Å². The standard InChI is InChI=1S/C16H23N3O2/c1-16(2,3)8-12(10-18)15(20)19-14-11(9-17)6-5-7-13(14)21-4/h5-7,12H,8,10,18H2,1-4H3,(H,19,20). The minimum Gasteiger partial charge on any atom is -0.495 e. The van der Waals surface area contributed by atoms with Crippen LogP contribution in [-0.2, 0) is 4.79 Å². The number of nitrogens with two attached hydrogens (primary N) is 1. The van der Waals surface area contributed by atoms with Gasteiger partial charge in [-0.25, -0.2) is 0 Å². The molecule has 1 amide bonds. The number of nitrogens with one attached hydrogen (secondary N) is 1. The van der Waals surface area contributed by atoms with Gasteiger partial charge < -0.3 is 15.8 Å². The van der Waals surface area contributed by atoms with Crippen LogP contribution < -0.4 is 15.8 Å². The zero-order chi connectivity index (χ0) is 16.0. The number of hydrogen-bond acceptors (Lipinski definition) is 4. The lowest BCUT2D eigenvalue weighted by molar-refractivity contribution is -0.120. The molecule has 3 N–H and O–H groups in total. The molecule has 0 spiro atoms. The number of methoxy groups -OCH3 is 1. The van der Waals surface area contributed by atoms with Crippen molar-refractivity contribution in [3.05, 3.63) is 23.8 Å². The average molecular weight is 289 g/mol. The fourth-order valence-electron chi connectivity index (χ4n) is 2.17. The van der Waals surface area contributed by atoms with Gasteiger partial charge >= 0.3 is 0 Å². The van der Waals surface area contributed by atoms with Gasteiger partial charge in [0.05, 0.1) is 18.6 Å². The van der Waals surface area contributed by atoms with Crippen molar-refractivity contribution in [1.82, 2.24) is 0 Å². The van der Waals surface area contributed by atoms with E-state index in [1.54, 1.807) is 18.2 Å². The lowest BCUT2D eigenvalue weighted by atomic mass is 9.84. The molecular formula is C16H23N3O2. The van der Waals surface area contributed by atoms with E-state index >= 15 is 0 Å². The van der Waals surface area contributed by atoms with Gasteiger partial charge in [-0.3, -0.25) is 4.79 Å². The number of anilines is 1. The van der Waals surface area contributed by atoms with Crippen molar-refractivity contribution in [2.45, 2.75) is 27.2 Å². The van der Waals surface area contributed by atoms with Crippen LogP contribution in [0.15, 0.2) is 18.2 Å². The Balaban J connectivity index is 2.99. The first-order chi connectivity index (χ1) is 9.82. The van der Waals surface area contributed by atoms with Crippen LogP contribution in [0.5, 0.6) is 5.75 Å². The Labute approximate surface area is 126 Å². The number of benzene rings is 1. The molecule has 5 nitrogen and oxygen atoms in total. The van der Waals surface area contributed by atoms with Gasteiger partial charge in [0, 0.05) is 6.54 Å². The van der Waals surface area contributed by atoms with Crippen molar-refractivity contribution in [2.24, 2.45) is 17.1 Å². The number of amides is 1. The Hall–Kier alpha value is -2.06. The van der Waals surface area contributed by atoms with Crippen LogP contribution in [0.3, 0.4) is 0 Å². The van der Waals surface area contributed by atoms with Crippen LogP contribution in [-0.4, -0.2) is 19.6 Å². The van der Waals surface area contributed by atoms with E-state index in [4.69, 9.17) is 15.7 Å². The second kappa shape index (κ2) is 7.09. The Morgan fingerprint density at radius 1 is 1.48 bits per heavy atom. The normalized spacial score (nSPS) is 12.4. The third-order valence-corrected chi connectivity index (χ3v) is 3.13. The quantitative estimate of drug-likeness (QED) is 0.871. The molecule has 1 unspecified atom stereocenters. The molecule has 0 aliphatic heterocycles. The molecule has 0 radical (unpaired) electrons. The van der Waals surface area contributed by atoms with Crippen LogP contribution in [0, 0.1) is 22.7 Å². The second-order valence-corrected chi connectivity index (χ2v) is 6.18. The maximum atomic E-state index is 12.4. The summed E-state index contributed by atoms with van der Waals surface area (Å²) in [6.45, 7) is 6.45. The summed E-state index contributed by atoms with van der Waals surface area (Å²) in [5.74, 6) is -0.0242. The lowest BCUT2D eigenvalue weighted by Crippen LogP contribution is -2.32. The molecule has 0 aromatic heterocycles. The number of hydrogen-bond donors (Lipinski definition) is 2. The maximum absolute atomic E-state index is 12.4. The predicted octanol–water partition coefficient (Wildman–Crippen LogP) is 2.52. The molecule has 0 saturated heterocycles. The number of carbonyl (C=O) groups is 1. The summed E-state index contributed by atoms with van der Waals surface area (Å²) in [7, 11) is 1.50. The van der Waals surface area contributed by atoms with Gasteiger partial charge in [0.1, 0.15) is 17.5 Å². The van der Waals surface area contributed by atoms with Crippen LogP contribution in [0.2, 0.25) is 0 Å². The van der Waals surface area contributed by atoms with Gasteiger partial charge in [-0.05, 0) is 24.0 Å². The molecule has 0 bridgehead atoms. The first kappa shape index (κ1) is 17.0. The Kier molecular flexibility index (Phi) is 5.74. The third-order valence-electron chi connectivity index (χ3n) is 3.13. The summed E-state index contributed by atoms with van der Waals surface area (Å²) in [6, 6.07) is 7.11. The smallest absolute Gasteiger partial charge is 0.228 e. The van der Waals surface area contributed by atoms with Crippen molar-refractivity contribution in [1.29, 1.82) is 5.26 Å². The van der Waals surface area contributed by atoms with E-state index in [9.17, 15) is 4.79 Å². The molecule has 0 saturated carbocycles. The first-order valence-corrected chi connectivity index (χ1v) is 6.90. The van der Waals surface area contributed by atoms with Crippen LogP contribution >= 0.6 is 0 Å². The summed E-state index contributed by atoms with van der Waals surface area (Å²) in [4.78, 5) is 12.4. The minimum atomic E-state index is -0.304. The summed E-state index contributed by atoms with van der Waals surface area (Å²) in [6.07, 6.45) is 0.673. The topological polar surface area (TPSA) is 88.1 Å². The molecule has 1 aromatic carbocycles. The van der Waals surface area contributed by atoms with Crippen molar-refractivity contribution in [3.8, 4) is 11.8 Å². The van der Waals surface area contributed by atoms with E-state index in [0.717, 1.165) is 0 Å². The van der Waals surface area contributed by atoms with Crippen LogP contribution in [0.25, 0.3) is 0 Å². The van der Waals surface area contributed by atoms with Crippen molar-refractivity contribution < 1.29 is 9.53 Å². The van der Waals surface area contributed by atoms with E-state index in [2.05, 4.69) is 32.2 Å². The molecule has 1 aromatic rings. The summed E-state index contributed by atoms with van der Waals surface area (Å²) in [5, 5.41) is 11.9. The Morgan fingerprint density at radius 2 is 2.14 bits per heavy atom. The maximum Gasteiger partial charge on any atom is 0.228 e. The predicted molar refractivity (Wildman–Crippen MR) is 83.0 cm³/mol. The number of nitrogens with zero attached hydrogens (tertiary/aromatic N) is 1. The summed E-state index contributed by atoms with van der Waals surface area (Å²) in [5.41, 5.74) is 6.49. The number of para-hydroxylation sites is 1. The van der Waals surface area contributed by atoms with E-state index in [0.29, 0.717) is 23.4 Å². The highest BCUT2D eigenvalue weighted by molar-refractivity contribution is 5.95. The van der Waals surface area contributed by atoms with Gasteiger partial charge in [0.2, 0.25) is 5.91 Å². The molecule has 21 heavy (non-hydrogen) atoms. The number of rotatable bonds is 5. The van der Waals surface area contributed by atoms with Crippen molar-refractivity contribution in [2.75, 3.05) is 19.0 Å². The molecule has 5 heteroatoms. The lowest BCUT2D eigenvalue weighted by Gasteiger charge is -2.24. The molecule has 1 rings (SSSR count). The number of ether oxygens (including phenoxy) is 1. The van der Waals surface area contributed by atoms with E-state index in [1.807, 2.05) is 0 Å². The van der Waals surface area contributed by atoms with Crippen molar-refractivity contribution >= 4 is 11.6 Å². The Morgan fingerprint density at radius 3 is 2.62 bits per heavy atom. The summed E-state index contributed by atoms with van der Waals surface area (Å²) < 4.78 is 5.21. The monoisotopic (exact) mass is 289 g/mol. The SMILES string of the molecule is COc1cccc(C#N)c1NC(=O)C(CN)CC(C)(C)C. The molecule has 0 heterocycles. The molecule has 0 aliphatic rings. The molecule has 0 aliphatic carbocycles. The van der Waals surface area contributed by atoms with Crippen LogP contribution in [0.1, 0.15) is 32.8 Å². The van der Waals surface area contributed by atoms with Gasteiger partial charge in [-0.2, -0.15) is 5.26 Å². The summed E-state index contributed by atoms with van der Waals surface area (Å²) >= 11 is 0. The average Bonchev–Trinajstić information content (AvgIpc) is 2.43. The zero-order valence-corrected chi connectivity index (χ0v) is 13.1. The Bertz CT molecular complexity index is 541. The molecule has 0 fully saturated rings. The highest BCUT2D eigenvalue weighted by atomic mass is 16.5. The third kappa shape index (κ3) is 4.76. The largest absolute Gasteiger partial charge is 0.495 e. The minimum absolute atomic E-state index is 0.000208. The van der Waals surface area contributed by atoms with E-state index < -0.39 is 0 Å². The molecule has 114 valence electrons. The van der Waals surface area contributed by atoms with Crippen LogP contribution in [0.4, 0.5) is 5.69 Å². The highest BCUT2D eigenvalue weighted by Crippen LogP contribution is 2.30. The fourth-order valence-corrected chi connectivity index (χ4v) is 2.17. The molecular weight excluding hydrogens is 266 g/mol. The van der Waals surface area contributed by atoms with E-state index in [-0.39, 0.29) is 23.8 Å². The number of nitriles is 1. The first-order valence-electron chi connectivity index (χ1n) is 6.90. The fraction of sp³-hybridized carbons (Fsp3) is 0.500. The van der Waals surface area contributed by atoms with Gasteiger partial charge in [-0.1, -0.05) is 26.8 Å². The number of carbonyl (C=O) groups excluding carboxylic acids is 1.